The maximum atomic E-state index is 5.46. The summed E-state index contributed by atoms with van der Waals surface area (Å²) in [5.41, 5.74) is 2.54. The second-order valence-electron chi connectivity index (χ2n) is 4.10. The van der Waals surface area contributed by atoms with E-state index >= 15 is 0 Å². The molecule has 0 spiro atoms. The molecule has 0 aromatic heterocycles. The molecule has 0 aliphatic rings. The molecule has 0 heterocycles. The lowest BCUT2D eigenvalue weighted by Crippen LogP contribution is -1.98. The summed E-state index contributed by atoms with van der Waals surface area (Å²) >= 11 is 0. The molecule has 1 heteroatoms. The summed E-state index contributed by atoms with van der Waals surface area (Å²) in [4.78, 5) is 0. The molecule has 0 saturated carbocycles. The van der Waals surface area contributed by atoms with Crippen molar-refractivity contribution >= 4 is 6.08 Å². The Morgan fingerprint density at radius 3 is 2.67 bits per heavy atom. The highest BCUT2D eigenvalue weighted by atomic mass is 16.5. The van der Waals surface area contributed by atoms with E-state index in [9.17, 15) is 0 Å². The number of benzene rings is 1. The molecule has 1 aromatic rings. The average Bonchev–Trinajstić information content (AvgIpc) is 2.20. The second kappa shape index (κ2) is 5.59. The minimum Gasteiger partial charge on any atom is -0.494 e. The topological polar surface area (TPSA) is 9.23 Å². The van der Waals surface area contributed by atoms with Crippen LogP contribution < -0.4 is 4.74 Å². The van der Waals surface area contributed by atoms with E-state index in [1.165, 1.54) is 11.1 Å². The third-order valence-corrected chi connectivity index (χ3v) is 2.28. The van der Waals surface area contributed by atoms with E-state index in [1.807, 2.05) is 19.1 Å². The van der Waals surface area contributed by atoms with Gasteiger partial charge in [0.25, 0.3) is 0 Å². The zero-order valence-corrected chi connectivity index (χ0v) is 9.92. The molecular weight excluding hydrogens is 184 g/mol. The summed E-state index contributed by atoms with van der Waals surface area (Å²) in [6.07, 6.45) is 2.99. The molecule has 1 nitrogen and oxygen atoms in total. The van der Waals surface area contributed by atoms with Crippen molar-refractivity contribution < 1.29 is 4.74 Å². The predicted octanol–water partition coefficient (Wildman–Crippen LogP) is 3.93. The molecule has 0 bridgehead atoms. The second-order valence-corrected chi connectivity index (χ2v) is 4.10. The lowest BCUT2D eigenvalue weighted by Gasteiger charge is -2.11. The number of hydrogen-bond acceptors (Lipinski definition) is 1. The normalized spacial score (nSPS) is 10.4. The molecule has 15 heavy (non-hydrogen) atoms. The monoisotopic (exact) mass is 204 g/mol. The highest BCUT2D eigenvalue weighted by Gasteiger charge is 2.04. The molecule has 1 aromatic carbocycles. The van der Waals surface area contributed by atoms with Crippen LogP contribution in [0.15, 0.2) is 24.8 Å². The van der Waals surface area contributed by atoms with Crippen molar-refractivity contribution in [3.63, 3.8) is 0 Å². The van der Waals surface area contributed by atoms with Gasteiger partial charge in [-0.25, -0.2) is 0 Å². The SMILES string of the molecule is C=Cc1cc(OCC)ccc1CC(C)C. The van der Waals surface area contributed by atoms with Gasteiger partial charge < -0.3 is 4.74 Å². The van der Waals surface area contributed by atoms with E-state index in [0.29, 0.717) is 12.5 Å². The van der Waals surface area contributed by atoms with E-state index in [1.54, 1.807) is 0 Å². The summed E-state index contributed by atoms with van der Waals surface area (Å²) in [7, 11) is 0. The molecular formula is C14H20O. The Hall–Kier alpha value is -1.24. The van der Waals surface area contributed by atoms with E-state index in [4.69, 9.17) is 4.74 Å². The summed E-state index contributed by atoms with van der Waals surface area (Å²) in [6.45, 7) is 11.0. The van der Waals surface area contributed by atoms with Crippen molar-refractivity contribution in [1.82, 2.24) is 0 Å². The van der Waals surface area contributed by atoms with Crippen LogP contribution in [0, 0.1) is 5.92 Å². The first-order chi connectivity index (χ1) is 7.17. The Bertz CT molecular complexity index is 326. The van der Waals surface area contributed by atoms with Gasteiger partial charge in [-0.1, -0.05) is 32.6 Å². The fourth-order valence-corrected chi connectivity index (χ4v) is 1.65. The van der Waals surface area contributed by atoms with Gasteiger partial charge >= 0.3 is 0 Å². The van der Waals surface area contributed by atoms with Crippen LogP contribution in [-0.2, 0) is 6.42 Å². The summed E-state index contributed by atoms with van der Waals surface area (Å²) in [5, 5.41) is 0. The third-order valence-electron chi connectivity index (χ3n) is 2.28. The van der Waals surface area contributed by atoms with Gasteiger partial charge in [-0.15, -0.1) is 0 Å². The van der Waals surface area contributed by atoms with Crippen LogP contribution in [0.5, 0.6) is 5.75 Å². The first-order valence-electron chi connectivity index (χ1n) is 5.55. The van der Waals surface area contributed by atoms with Crippen molar-refractivity contribution in [2.24, 2.45) is 5.92 Å². The van der Waals surface area contributed by atoms with Crippen molar-refractivity contribution in [1.29, 1.82) is 0 Å². The highest BCUT2D eigenvalue weighted by molar-refractivity contribution is 5.54. The standard InChI is InChI=1S/C14H20O/c1-5-12-10-14(15-6-2)8-7-13(12)9-11(3)4/h5,7-8,10-11H,1,6,9H2,2-4H3. The molecule has 0 aliphatic heterocycles. The van der Waals surface area contributed by atoms with Crippen LogP contribution in [0.25, 0.3) is 6.08 Å². The highest BCUT2D eigenvalue weighted by Crippen LogP contribution is 2.21. The molecule has 82 valence electrons. The van der Waals surface area contributed by atoms with Crippen molar-refractivity contribution in [2.45, 2.75) is 27.2 Å². The molecule has 0 aliphatic carbocycles. The van der Waals surface area contributed by atoms with Gasteiger partial charge in [0.15, 0.2) is 0 Å². The largest absolute Gasteiger partial charge is 0.494 e. The maximum Gasteiger partial charge on any atom is 0.119 e. The lowest BCUT2D eigenvalue weighted by molar-refractivity contribution is 0.340. The van der Waals surface area contributed by atoms with Gasteiger partial charge in [0.2, 0.25) is 0 Å². The predicted molar refractivity (Wildman–Crippen MR) is 66.2 cm³/mol. The summed E-state index contributed by atoms with van der Waals surface area (Å²) in [6, 6.07) is 6.24. The molecule has 0 saturated heterocycles. The van der Waals surface area contributed by atoms with Crippen LogP contribution >= 0.6 is 0 Å². The smallest absolute Gasteiger partial charge is 0.119 e. The van der Waals surface area contributed by atoms with Crippen LogP contribution in [-0.4, -0.2) is 6.61 Å². The third kappa shape index (κ3) is 3.43. The fourth-order valence-electron chi connectivity index (χ4n) is 1.65. The number of hydrogen-bond donors (Lipinski definition) is 0. The number of rotatable bonds is 5. The van der Waals surface area contributed by atoms with Crippen LogP contribution in [0.4, 0.5) is 0 Å². The number of ether oxygens (including phenoxy) is 1. The Morgan fingerprint density at radius 1 is 1.40 bits per heavy atom. The fraction of sp³-hybridized carbons (Fsp3) is 0.429. The Balaban J connectivity index is 2.93. The van der Waals surface area contributed by atoms with Crippen molar-refractivity contribution in [3.8, 4) is 5.75 Å². The van der Waals surface area contributed by atoms with Gasteiger partial charge in [0.1, 0.15) is 5.75 Å². The van der Waals surface area contributed by atoms with Crippen molar-refractivity contribution in [3.05, 3.63) is 35.9 Å². The van der Waals surface area contributed by atoms with Gasteiger partial charge in [-0.3, -0.25) is 0 Å². The maximum absolute atomic E-state index is 5.46. The van der Waals surface area contributed by atoms with Gasteiger partial charge in [0.05, 0.1) is 6.61 Å². The first kappa shape index (κ1) is 11.8. The average molecular weight is 204 g/mol. The first-order valence-corrected chi connectivity index (χ1v) is 5.55. The van der Waals surface area contributed by atoms with Gasteiger partial charge in [-0.05, 0) is 42.5 Å². The molecule has 0 amide bonds. The minimum absolute atomic E-state index is 0.668. The molecule has 0 atom stereocenters. The molecule has 0 unspecified atom stereocenters. The Morgan fingerprint density at radius 2 is 2.13 bits per heavy atom. The van der Waals surface area contributed by atoms with Crippen LogP contribution in [0.2, 0.25) is 0 Å². The minimum atomic E-state index is 0.668. The van der Waals surface area contributed by atoms with Crippen LogP contribution in [0.1, 0.15) is 31.9 Å². The zero-order valence-electron chi connectivity index (χ0n) is 9.92. The van der Waals surface area contributed by atoms with Crippen LogP contribution in [0.3, 0.4) is 0 Å². The summed E-state index contributed by atoms with van der Waals surface area (Å²) < 4.78 is 5.46. The molecule has 0 radical (unpaired) electrons. The molecule has 1 rings (SSSR count). The zero-order chi connectivity index (χ0) is 11.3. The molecule has 0 N–H and O–H groups in total. The van der Waals surface area contributed by atoms with Crippen molar-refractivity contribution in [2.75, 3.05) is 6.61 Å². The Kier molecular flexibility index (Phi) is 4.41. The van der Waals surface area contributed by atoms with E-state index in [2.05, 4.69) is 32.6 Å². The van der Waals surface area contributed by atoms with Gasteiger partial charge in [-0.2, -0.15) is 0 Å². The molecule has 0 fully saturated rings. The Labute approximate surface area is 92.8 Å². The van der Waals surface area contributed by atoms with Gasteiger partial charge in [0, 0.05) is 0 Å². The van der Waals surface area contributed by atoms with E-state index < -0.39 is 0 Å². The lowest BCUT2D eigenvalue weighted by atomic mass is 9.98. The van der Waals surface area contributed by atoms with E-state index in [-0.39, 0.29) is 0 Å². The quantitative estimate of drug-likeness (QED) is 0.706. The van der Waals surface area contributed by atoms with E-state index in [0.717, 1.165) is 12.2 Å². The summed E-state index contributed by atoms with van der Waals surface area (Å²) in [5.74, 6) is 1.60.